The third-order valence-corrected chi connectivity index (χ3v) is 27.7. The molecule has 0 unspecified atom stereocenters. The zero-order chi connectivity index (χ0) is 102. The topological polar surface area (TPSA) is 0 Å². The summed E-state index contributed by atoms with van der Waals surface area (Å²) in [4.78, 5) is 0. The number of hydrogen-bond acceptors (Lipinski definition) is 0. The van der Waals surface area contributed by atoms with Crippen LogP contribution in [0.3, 0.4) is 0 Å². The van der Waals surface area contributed by atoms with Crippen molar-refractivity contribution in [2.75, 3.05) is 0 Å². The van der Waals surface area contributed by atoms with Crippen LogP contribution in [0.5, 0.6) is 0 Å². The molecule has 0 saturated carbocycles. The van der Waals surface area contributed by atoms with Gasteiger partial charge in [-0.3, -0.25) is 0 Å². The van der Waals surface area contributed by atoms with Gasteiger partial charge in [-0.25, -0.2) is 0 Å². The van der Waals surface area contributed by atoms with E-state index in [2.05, 4.69) is 660 Å². The Balaban J connectivity index is 0.000000113. The molecule has 720 valence electrons. The molecule has 0 aliphatic rings. The van der Waals surface area contributed by atoms with Crippen LogP contribution >= 0.6 is 0 Å². The summed E-state index contributed by atoms with van der Waals surface area (Å²) >= 11 is 0. The summed E-state index contributed by atoms with van der Waals surface area (Å²) in [6, 6.07) is 220. The second-order valence-electron chi connectivity index (χ2n) is 37.9. The number of benzene rings is 24. The Morgan fingerprint density at radius 3 is 0.560 bits per heavy atom. The van der Waals surface area contributed by atoms with Crippen LogP contribution in [0.1, 0.15) is 33.4 Å². The highest BCUT2D eigenvalue weighted by molar-refractivity contribution is 5.97. The molecule has 0 amide bonds. The van der Waals surface area contributed by atoms with E-state index in [1.54, 1.807) is 0 Å². The van der Waals surface area contributed by atoms with Gasteiger partial charge in [-0.1, -0.05) is 623 Å². The molecule has 0 bridgehead atoms. The van der Waals surface area contributed by atoms with E-state index >= 15 is 0 Å². The van der Waals surface area contributed by atoms with Gasteiger partial charge in [-0.15, -0.1) is 0 Å². The normalized spacial score (nSPS) is 10.6. The summed E-state index contributed by atoms with van der Waals surface area (Å²) < 4.78 is 0. The molecule has 0 aliphatic heterocycles. The Kier molecular flexibility index (Phi) is 33.1. The molecule has 0 aliphatic carbocycles. The Hall–Kier alpha value is -18.7. The molecule has 0 atom stereocenters. The Labute approximate surface area is 887 Å². The van der Waals surface area contributed by atoms with Crippen LogP contribution in [0.4, 0.5) is 0 Å². The number of rotatable bonds is 18. The molecule has 0 nitrogen and oxygen atoms in total. The van der Waals surface area contributed by atoms with Gasteiger partial charge in [0.2, 0.25) is 0 Å². The van der Waals surface area contributed by atoms with Crippen LogP contribution in [0.15, 0.2) is 619 Å². The zero-order valence-corrected chi connectivity index (χ0v) is 85.9. The summed E-state index contributed by atoms with van der Waals surface area (Å²) in [5.41, 5.74) is 53.3. The minimum absolute atomic E-state index is 1.25. The maximum absolute atomic E-state index is 2.30. The number of aryl methyl sites for hydroxylation is 6. The van der Waals surface area contributed by atoms with Crippen LogP contribution in [-0.2, 0) is 0 Å². The van der Waals surface area contributed by atoms with Crippen LogP contribution < -0.4 is 0 Å². The molecular weight excluding hydrogens is 1800 g/mol. The molecule has 0 saturated heterocycles. The maximum Gasteiger partial charge on any atom is -0.00965 e. The zero-order valence-electron chi connectivity index (χ0n) is 85.9. The molecule has 24 aromatic rings. The molecule has 24 rings (SSSR count). The first-order valence-electron chi connectivity index (χ1n) is 51.8. The van der Waals surface area contributed by atoms with E-state index in [1.807, 2.05) is 0 Å². The van der Waals surface area contributed by atoms with Gasteiger partial charge in [0.05, 0.1) is 0 Å². The molecule has 0 spiro atoms. The van der Waals surface area contributed by atoms with Gasteiger partial charge in [-0.05, 0) is 271 Å². The van der Waals surface area contributed by atoms with E-state index in [9.17, 15) is 0 Å². The van der Waals surface area contributed by atoms with E-state index in [0.717, 1.165) is 0 Å². The van der Waals surface area contributed by atoms with Gasteiger partial charge in [0, 0.05) is 0 Å². The van der Waals surface area contributed by atoms with Crippen molar-refractivity contribution >= 4 is 0 Å². The first-order chi connectivity index (χ1) is 73.9. The predicted octanol–water partition coefficient (Wildman–Crippen LogP) is 42.0. The van der Waals surface area contributed by atoms with Crippen LogP contribution in [0.25, 0.3) is 200 Å². The molecule has 0 aromatic heterocycles. The lowest BCUT2D eigenvalue weighted by atomic mass is 9.88. The van der Waals surface area contributed by atoms with Crippen molar-refractivity contribution in [3.63, 3.8) is 0 Å². The second-order valence-corrected chi connectivity index (χ2v) is 37.9. The molecule has 0 N–H and O–H groups in total. The van der Waals surface area contributed by atoms with Gasteiger partial charge < -0.3 is 0 Å². The summed E-state index contributed by atoms with van der Waals surface area (Å²) in [6.07, 6.45) is 0. The molecule has 150 heavy (non-hydrogen) atoms. The second kappa shape index (κ2) is 49.7. The Morgan fingerprint density at radius 2 is 0.247 bits per heavy atom. The van der Waals surface area contributed by atoms with Crippen molar-refractivity contribution in [3.05, 3.63) is 652 Å². The molecule has 0 heterocycles. The van der Waals surface area contributed by atoms with Crippen molar-refractivity contribution in [1.82, 2.24) is 0 Å². The smallest absolute Gasteiger partial charge is 0.00965 e. The van der Waals surface area contributed by atoms with Crippen molar-refractivity contribution in [3.8, 4) is 200 Å². The average Bonchev–Trinajstić information content (AvgIpc) is 0.800. The number of hydrogen-bond donors (Lipinski definition) is 0. The SMILES string of the molecule is Cc1ccc(-c2ccc(-c3ccccc3)cc2)cc1-c1ccccc1.Cc1ccc(-c2ccccc2)c(-c2ccccc2-c2ccccc2)c1.Cc1ccc(-c2ccccc2)cc1-c1ccc(-c2ccccc2)cc1.Cc1ccc(-c2ccccc2-c2ccccc2-c2ccccc2)cc1.Cc1cccc(-c2ccccc2-c2ccccc2-c2ccccc2)c1.Cc1ccccc1-c1ccccc1-c1ccccc1-c1ccccc1. The largest absolute Gasteiger partial charge is 0.0622 e. The summed E-state index contributed by atoms with van der Waals surface area (Å²) in [5.74, 6) is 0. The third kappa shape index (κ3) is 24.9. The lowest BCUT2D eigenvalue weighted by molar-refractivity contribution is 1.45. The highest BCUT2D eigenvalue weighted by Gasteiger charge is 2.20. The fraction of sp³-hybridized carbons (Fsp3) is 0.0400. The maximum atomic E-state index is 2.30. The van der Waals surface area contributed by atoms with Crippen molar-refractivity contribution in [1.29, 1.82) is 0 Å². The third-order valence-electron chi connectivity index (χ3n) is 27.7. The highest BCUT2D eigenvalue weighted by atomic mass is 14.2. The van der Waals surface area contributed by atoms with Gasteiger partial charge in [0.15, 0.2) is 0 Å². The predicted molar refractivity (Wildman–Crippen MR) is 645 cm³/mol. The first-order valence-corrected chi connectivity index (χ1v) is 51.8. The monoisotopic (exact) mass is 1920 g/mol. The Bertz CT molecular complexity index is 8480. The van der Waals surface area contributed by atoms with Gasteiger partial charge >= 0.3 is 0 Å². The van der Waals surface area contributed by atoms with E-state index < -0.39 is 0 Å². The summed E-state index contributed by atoms with van der Waals surface area (Å²) in [5, 5.41) is 0. The van der Waals surface area contributed by atoms with Gasteiger partial charge in [0.1, 0.15) is 0 Å². The highest BCUT2D eigenvalue weighted by Crippen LogP contribution is 2.45. The molecular formula is C150H120. The minimum Gasteiger partial charge on any atom is -0.0622 e. The average molecular weight is 1920 g/mol. The minimum atomic E-state index is 1.25. The summed E-state index contributed by atoms with van der Waals surface area (Å²) in [7, 11) is 0. The standard InChI is InChI=1S/6C25H20/c1-19-16-17-23(21-12-6-3-7-13-21)25(18-19)24-15-9-8-14-22(24)20-10-4-2-5-11-20;1-19-12-13-24(18-25(19)23-10-6-3-7-11-23)22-16-14-21(15-17-22)20-8-4-2-5-9-20;1-19-12-13-24(21-10-6-3-7-11-21)18-25(19)23-16-14-22(15-17-23)20-8-4-2-5-9-20;1-19-10-9-13-21(18-19)23-15-6-8-17-25(23)24-16-7-5-14-22(24)20-11-3-2-4-12-20;1-19-15-17-21(18-16-19)23-12-6-8-14-25(23)24-13-7-5-11-22(24)20-9-3-2-4-10-20;1-19-11-5-6-14-21(19)23-16-9-10-18-25(23)24-17-8-7-15-22(24)20-12-3-2-4-13-20/h6*2-18H,1H3. The first kappa shape index (κ1) is 100.0. The quantitative estimate of drug-likeness (QED) is 0.0803. The fourth-order valence-electron chi connectivity index (χ4n) is 19.8. The van der Waals surface area contributed by atoms with Crippen molar-refractivity contribution in [2.45, 2.75) is 41.5 Å². The van der Waals surface area contributed by atoms with Crippen molar-refractivity contribution in [2.24, 2.45) is 0 Å². The molecule has 0 heteroatoms. The lowest BCUT2D eigenvalue weighted by Gasteiger charge is -2.15. The van der Waals surface area contributed by atoms with Gasteiger partial charge in [0.25, 0.3) is 0 Å². The molecule has 0 radical (unpaired) electrons. The molecule has 0 fully saturated rings. The van der Waals surface area contributed by atoms with E-state index in [4.69, 9.17) is 0 Å². The van der Waals surface area contributed by atoms with Crippen LogP contribution in [0, 0.1) is 41.5 Å². The van der Waals surface area contributed by atoms with E-state index in [1.165, 1.54) is 234 Å². The lowest BCUT2D eigenvalue weighted by Crippen LogP contribution is -1.90. The van der Waals surface area contributed by atoms with Crippen molar-refractivity contribution < 1.29 is 0 Å². The Morgan fingerprint density at radius 1 is 0.0733 bits per heavy atom. The molecule has 24 aromatic carbocycles. The van der Waals surface area contributed by atoms with E-state index in [0.29, 0.717) is 0 Å². The van der Waals surface area contributed by atoms with Crippen LogP contribution in [0.2, 0.25) is 0 Å². The van der Waals surface area contributed by atoms with E-state index in [-0.39, 0.29) is 0 Å². The fourth-order valence-corrected chi connectivity index (χ4v) is 19.8. The van der Waals surface area contributed by atoms with Crippen LogP contribution in [-0.4, -0.2) is 0 Å². The summed E-state index contributed by atoms with van der Waals surface area (Å²) in [6.45, 7) is 12.9. The van der Waals surface area contributed by atoms with Gasteiger partial charge in [-0.2, -0.15) is 0 Å².